The molecule has 1 saturated heterocycles. The van der Waals surface area contributed by atoms with E-state index in [0.717, 1.165) is 37.4 Å². The van der Waals surface area contributed by atoms with Gasteiger partial charge in [-0.05, 0) is 99.3 Å². The van der Waals surface area contributed by atoms with Crippen LogP contribution in [0.15, 0.2) is 42.5 Å². The van der Waals surface area contributed by atoms with E-state index in [1.807, 2.05) is 38.1 Å². The molecule has 3 nitrogen and oxygen atoms in total. The lowest BCUT2D eigenvalue weighted by molar-refractivity contribution is 0.101. The molecule has 40 heavy (non-hydrogen) atoms. The largest absolute Gasteiger partial charge is 0.378 e. The molecule has 0 radical (unpaired) electrons. The number of carbonyl (C=O) groups excluding carboxylic acids is 1. The second-order valence-electron chi connectivity index (χ2n) is 10.7. The molecular formula is C35H59NO2S2. The van der Waals surface area contributed by atoms with Gasteiger partial charge in [0, 0.05) is 18.2 Å². The number of rotatable bonds is 8. The fourth-order valence-electron chi connectivity index (χ4n) is 4.89. The molecule has 1 aliphatic heterocycles. The lowest BCUT2D eigenvalue weighted by Crippen LogP contribution is -2.17. The van der Waals surface area contributed by atoms with Gasteiger partial charge < -0.3 is 10.5 Å². The highest BCUT2D eigenvalue weighted by molar-refractivity contribution is 8.59. The lowest BCUT2D eigenvalue weighted by Gasteiger charge is -2.21. The number of ketones is 1. The molecule has 1 fully saturated rings. The molecule has 3 atom stereocenters. The van der Waals surface area contributed by atoms with E-state index < -0.39 is 0 Å². The smallest absolute Gasteiger partial charge is 0.159 e. The van der Waals surface area contributed by atoms with Crippen LogP contribution < -0.4 is 5.73 Å². The van der Waals surface area contributed by atoms with Crippen molar-refractivity contribution in [2.45, 2.75) is 131 Å². The highest BCUT2D eigenvalue weighted by Gasteiger charge is 2.15. The van der Waals surface area contributed by atoms with E-state index >= 15 is 0 Å². The van der Waals surface area contributed by atoms with E-state index in [1.54, 1.807) is 18.1 Å². The molecule has 2 N–H and O–H groups in total. The van der Waals surface area contributed by atoms with Crippen LogP contribution >= 0.6 is 23.3 Å². The van der Waals surface area contributed by atoms with Crippen LogP contribution in [0, 0.1) is 5.92 Å². The minimum Gasteiger partial charge on any atom is -0.378 e. The molecule has 3 unspecified atom stereocenters. The highest BCUT2D eigenvalue weighted by atomic mass is 33.1. The molecule has 5 heteroatoms. The fraction of sp³-hybridized carbons (Fsp3) is 0.629. The van der Waals surface area contributed by atoms with E-state index in [-0.39, 0.29) is 5.78 Å². The molecule has 2 aromatic rings. The topological polar surface area (TPSA) is 52.3 Å². The van der Waals surface area contributed by atoms with Crippen LogP contribution in [0.3, 0.4) is 0 Å². The summed E-state index contributed by atoms with van der Waals surface area (Å²) < 4.78 is 5.58. The average molecular weight is 590 g/mol. The molecule has 0 aromatic heterocycles. The van der Waals surface area contributed by atoms with Gasteiger partial charge in [-0.25, -0.2) is 0 Å². The number of fused-ring (bicyclic) bond motifs is 1. The van der Waals surface area contributed by atoms with Crippen LogP contribution in [0.4, 0.5) is 0 Å². The van der Waals surface area contributed by atoms with Gasteiger partial charge in [-0.1, -0.05) is 90.4 Å². The number of carbonyl (C=O) groups is 1. The number of Topliss-reactive ketones (excluding diaryl/α,β-unsaturated/α-hetero) is 1. The van der Waals surface area contributed by atoms with Gasteiger partial charge in [-0.15, -0.1) is 23.3 Å². The Balaban J connectivity index is 0.000000570. The van der Waals surface area contributed by atoms with Crippen molar-refractivity contribution in [1.29, 1.82) is 0 Å². The Labute approximate surface area is 257 Å². The molecule has 0 bridgehead atoms. The maximum absolute atomic E-state index is 11.1. The van der Waals surface area contributed by atoms with Gasteiger partial charge >= 0.3 is 0 Å². The van der Waals surface area contributed by atoms with Crippen molar-refractivity contribution < 1.29 is 9.53 Å². The highest BCUT2D eigenvalue weighted by Crippen LogP contribution is 2.26. The van der Waals surface area contributed by atoms with Gasteiger partial charge in [0.1, 0.15) is 0 Å². The predicted molar refractivity (Wildman–Crippen MR) is 183 cm³/mol. The number of ether oxygens (including phenoxy) is 1. The molecule has 2 aromatic carbocycles. The number of thiol groups is 2. The SMILES string of the molecule is CC.CC(=O)c1ccc(CCC2CCCO2)cc1.CCCC(N)CC.CCc1ccc2c(c1)CCC(C)C2.SS. The molecular weight excluding hydrogens is 531 g/mol. The second-order valence-corrected chi connectivity index (χ2v) is 10.7. The van der Waals surface area contributed by atoms with Crippen molar-refractivity contribution in [3.63, 3.8) is 0 Å². The summed E-state index contributed by atoms with van der Waals surface area (Å²) in [7, 11) is 0. The van der Waals surface area contributed by atoms with Gasteiger partial charge in [0.05, 0.1) is 6.10 Å². The van der Waals surface area contributed by atoms with Crippen LogP contribution in [-0.2, 0) is 30.4 Å². The predicted octanol–water partition coefficient (Wildman–Crippen LogP) is 9.69. The van der Waals surface area contributed by atoms with Crippen LogP contribution in [0.25, 0.3) is 0 Å². The zero-order chi connectivity index (χ0) is 30.3. The van der Waals surface area contributed by atoms with Gasteiger partial charge in [-0.2, -0.15) is 0 Å². The first kappa shape index (κ1) is 38.7. The molecule has 1 aliphatic carbocycles. The fourth-order valence-corrected chi connectivity index (χ4v) is 4.89. The monoisotopic (exact) mass is 589 g/mol. The van der Waals surface area contributed by atoms with Crippen molar-refractivity contribution in [1.82, 2.24) is 0 Å². The van der Waals surface area contributed by atoms with Crippen molar-refractivity contribution in [3.05, 3.63) is 70.3 Å². The second kappa shape index (κ2) is 24.3. The molecule has 0 spiro atoms. The minimum absolute atomic E-state index is 0.130. The van der Waals surface area contributed by atoms with Gasteiger partial charge in [0.2, 0.25) is 0 Å². The minimum atomic E-state index is 0.130. The average Bonchev–Trinajstić information content (AvgIpc) is 3.53. The number of nitrogens with two attached hydrogens (primary N) is 1. The first-order valence-electron chi connectivity index (χ1n) is 15.6. The number of hydrogen-bond acceptors (Lipinski definition) is 5. The van der Waals surface area contributed by atoms with Gasteiger partial charge in [-0.3, -0.25) is 4.79 Å². The van der Waals surface area contributed by atoms with E-state index in [4.69, 9.17) is 10.5 Å². The van der Waals surface area contributed by atoms with E-state index in [1.165, 1.54) is 62.5 Å². The summed E-state index contributed by atoms with van der Waals surface area (Å²) in [4.78, 5) is 11.1. The van der Waals surface area contributed by atoms with Crippen molar-refractivity contribution in [2.75, 3.05) is 6.61 Å². The number of hydrogen-bond donors (Lipinski definition) is 3. The molecule has 228 valence electrons. The Bertz CT molecular complexity index is 895. The Morgan fingerprint density at radius 1 is 1.00 bits per heavy atom. The lowest BCUT2D eigenvalue weighted by atomic mass is 9.84. The van der Waals surface area contributed by atoms with Crippen molar-refractivity contribution in [2.24, 2.45) is 11.7 Å². The summed E-state index contributed by atoms with van der Waals surface area (Å²) >= 11 is 6.44. The maximum Gasteiger partial charge on any atom is 0.159 e. The van der Waals surface area contributed by atoms with Crippen LogP contribution in [0.1, 0.15) is 126 Å². The molecule has 1 heterocycles. The molecule has 4 rings (SSSR count). The van der Waals surface area contributed by atoms with Gasteiger partial charge in [0.25, 0.3) is 0 Å². The standard InChI is InChI=1S/C14H18O2.C13H18.C6H15N.C2H6.H2S2/c1-11(15)13-7-4-12(5-8-13)6-9-14-3-2-10-16-14;1-3-11-5-7-12-8-10(2)4-6-13(12)9-11;1-3-5-6(7)4-2;2*1-2/h4-5,7-8,14H,2-3,6,9-10H2,1H3;5,7,9-10H,3-4,6,8H2,1-2H3;6H,3-5,7H2,1-2H3;1-2H3;1-2H. The summed E-state index contributed by atoms with van der Waals surface area (Å²) in [6.07, 6.45) is 13.6. The summed E-state index contributed by atoms with van der Waals surface area (Å²) in [5.41, 5.74) is 12.4. The van der Waals surface area contributed by atoms with E-state index in [2.05, 4.69) is 69.2 Å². The normalized spacial score (nSPS) is 17.6. The Kier molecular flexibility index (Phi) is 23.6. The summed E-state index contributed by atoms with van der Waals surface area (Å²) in [6, 6.07) is 15.4. The van der Waals surface area contributed by atoms with Crippen molar-refractivity contribution >= 4 is 29.1 Å². The Morgan fingerprint density at radius 3 is 2.15 bits per heavy atom. The zero-order valence-corrected chi connectivity index (χ0v) is 28.3. The van der Waals surface area contributed by atoms with Gasteiger partial charge in [0.15, 0.2) is 5.78 Å². The number of benzene rings is 2. The summed E-state index contributed by atoms with van der Waals surface area (Å²) in [5.74, 6) is 1.02. The number of aryl methyl sites for hydroxylation is 3. The van der Waals surface area contributed by atoms with Crippen LogP contribution in [-0.4, -0.2) is 24.5 Å². The van der Waals surface area contributed by atoms with E-state index in [0.29, 0.717) is 12.1 Å². The van der Waals surface area contributed by atoms with Crippen LogP contribution in [0.2, 0.25) is 0 Å². The Morgan fingerprint density at radius 2 is 1.65 bits per heavy atom. The van der Waals surface area contributed by atoms with Crippen molar-refractivity contribution in [3.8, 4) is 0 Å². The summed E-state index contributed by atoms with van der Waals surface area (Å²) in [6.45, 7) is 15.4. The third kappa shape index (κ3) is 16.2. The quantitative estimate of drug-likeness (QED) is 0.163. The maximum atomic E-state index is 11.1. The van der Waals surface area contributed by atoms with E-state index in [9.17, 15) is 4.79 Å². The molecule has 0 saturated carbocycles. The third-order valence-electron chi connectivity index (χ3n) is 7.48. The zero-order valence-electron chi connectivity index (χ0n) is 26.5. The molecule has 0 amide bonds. The Hall–Kier alpha value is -1.27. The third-order valence-corrected chi connectivity index (χ3v) is 7.48. The summed E-state index contributed by atoms with van der Waals surface area (Å²) in [5, 5.41) is 0. The van der Waals surface area contributed by atoms with Crippen LogP contribution in [0.5, 0.6) is 0 Å². The first-order valence-corrected chi connectivity index (χ1v) is 17.2. The first-order chi connectivity index (χ1) is 19.4. The molecule has 2 aliphatic rings.